The highest BCUT2D eigenvalue weighted by atomic mass is 35.5. The van der Waals surface area contributed by atoms with Crippen molar-refractivity contribution < 1.29 is 22.8 Å². The molecule has 4 nitrogen and oxygen atoms in total. The Morgan fingerprint density at radius 3 is 2.43 bits per heavy atom. The molecule has 1 rings (SSSR count). The predicted molar refractivity (Wildman–Crippen MR) is 82.2 cm³/mol. The Morgan fingerprint density at radius 1 is 1.35 bits per heavy atom. The van der Waals surface area contributed by atoms with Gasteiger partial charge < -0.3 is 10.2 Å². The van der Waals surface area contributed by atoms with Crippen LogP contribution < -0.4 is 5.32 Å². The van der Waals surface area contributed by atoms with Gasteiger partial charge in [0.05, 0.1) is 10.6 Å². The van der Waals surface area contributed by atoms with Gasteiger partial charge in [-0.3, -0.25) is 9.59 Å². The lowest BCUT2D eigenvalue weighted by Crippen LogP contribution is -2.42. The summed E-state index contributed by atoms with van der Waals surface area (Å²) in [4.78, 5) is 24.9. The quantitative estimate of drug-likeness (QED) is 0.874. The number of nitrogens with zero attached hydrogens (tertiary/aromatic N) is 1. The van der Waals surface area contributed by atoms with Gasteiger partial charge in [-0.25, -0.2) is 0 Å². The lowest BCUT2D eigenvalue weighted by atomic mass is 10.2. The van der Waals surface area contributed by atoms with Crippen molar-refractivity contribution in [2.75, 3.05) is 11.9 Å². The first-order valence-electron chi connectivity index (χ1n) is 7.00. The van der Waals surface area contributed by atoms with Gasteiger partial charge in [-0.1, -0.05) is 18.5 Å². The third kappa shape index (κ3) is 5.42. The molecule has 128 valence electrons. The summed E-state index contributed by atoms with van der Waals surface area (Å²) in [7, 11) is 0. The molecule has 1 aromatic rings. The number of amides is 2. The van der Waals surface area contributed by atoms with Crippen LogP contribution >= 0.6 is 11.6 Å². The van der Waals surface area contributed by atoms with E-state index in [-0.39, 0.29) is 24.2 Å². The van der Waals surface area contributed by atoms with E-state index < -0.39 is 22.7 Å². The number of carbonyl (C=O) groups is 2. The second kappa shape index (κ2) is 7.68. The second-order valence-electron chi connectivity index (χ2n) is 5.14. The molecule has 1 N–H and O–H groups in total. The van der Waals surface area contributed by atoms with E-state index in [1.807, 2.05) is 6.92 Å². The predicted octanol–water partition coefficient (Wildman–Crippen LogP) is 3.94. The van der Waals surface area contributed by atoms with Crippen molar-refractivity contribution in [1.29, 1.82) is 0 Å². The molecule has 0 aliphatic rings. The molecule has 0 saturated carbocycles. The van der Waals surface area contributed by atoms with Gasteiger partial charge in [0.15, 0.2) is 0 Å². The van der Waals surface area contributed by atoms with Crippen LogP contribution in [-0.2, 0) is 15.8 Å². The van der Waals surface area contributed by atoms with Crippen molar-refractivity contribution in [3.05, 3.63) is 28.8 Å². The molecule has 23 heavy (non-hydrogen) atoms. The van der Waals surface area contributed by atoms with E-state index in [0.29, 0.717) is 6.42 Å². The monoisotopic (exact) mass is 350 g/mol. The van der Waals surface area contributed by atoms with E-state index in [1.54, 1.807) is 6.92 Å². The minimum Gasteiger partial charge on any atom is -0.331 e. The fourth-order valence-electron chi connectivity index (χ4n) is 1.97. The van der Waals surface area contributed by atoms with Gasteiger partial charge in [-0.05, 0) is 31.5 Å². The molecule has 0 aromatic heterocycles. The minimum atomic E-state index is -4.61. The average Bonchev–Trinajstić information content (AvgIpc) is 2.44. The highest BCUT2D eigenvalue weighted by Crippen LogP contribution is 2.36. The van der Waals surface area contributed by atoms with Crippen LogP contribution in [0.15, 0.2) is 18.2 Å². The van der Waals surface area contributed by atoms with Crippen LogP contribution in [0.5, 0.6) is 0 Å². The Kier molecular flexibility index (Phi) is 6.44. The van der Waals surface area contributed by atoms with E-state index in [4.69, 9.17) is 11.6 Å². The number of anilines is 1. The SMILES string of the molecule is CCC(C)N(CC(=O)Nc1ccc(Cl)c(C(F)(F)F)c1)C(C)=O. The van der Waals surface area contributed by atoms with Gasteiger partial charge in [-0.15, -0.1) is 0 Å². The lowest BCUT2D eigenvalue weighted by Gasteiger charge is -2.26. The van der Waals surface area contributed by atoms with E-state index in [0.717, 1.165) is 12.1 Å². The van der Waals surface area contributed by atoms with Crippen LogP contribution in [0.2, 0.25) is 5.02 Å². The summed E-state index contributed by atoms with van der Waals surface area (Å²) in [6.07, 6.45) is -3.95. The maximum absolute atomic E-state index is 12.8. The van der Waals surface area contributed by atoms with Crippen molar-refractivity contribution >= 4 is 29.1 Å². The molecule has 0 aliphatic carbocycles. The highest BCUT2D eigenvalue weighted by Gasteiger charge is 2.33. The Bertz CT molecular complexity index is 591. The maximum Gasteiger partial charge on any atom is 0.417 e. The van der Waals surface area contributed by atoms with Crippen LogP contribution in [-0.4, -0.2) is 29.3 Å². The zero-order valence-electron chi connectivity index (χ0n) is 13.0. The van der Waals surface area contributed by atoms with Crippen LogP contribution in [0.4, 0.5) is 18.9 Å². The van der Waals surface area contributed by atoms with Crippen LogP contribution in [0.25, 0.3) is 0 Å². The number of nitrogens with one attached hydrogen (secondary N) is 1. The van der Waals surface area contributed by atoms with Crippen LogP contribution in [0, 0.1) is 0 Å². The number of halogens is 4. The van der Waals surface area contributed by atoms with E-state index >= 15 is 0 Å². The molecular formula is C15H18ClF3N2O2. The van der Waals surface area contributed by atoms with Gasteiger partial charge in [0.2, 0.25) is 11.8 Å². The standard InChI is InChI=1S/C15H18ClF3N2O2/c1-4-9(2)21(10(3)22)8-14(23)20-11-5-6-13(16)12(7-11)15(17,18)19/h5-7,9H,4,8H2,1-3H3,(H,20,23). The largest absolute Gasteiger partial charge is 0.417 e. The fraction of sp³-hybridized carbons (Fsp3) is 0.467. The molecule has 2 amide bonds. The van der Waals surface area contributed by atoms with Crippen LogP contribution in [0.3, 0.4) is 0 Å². The Labute approximate surface area is 137 Å². The van der Waals surface area contributed by atoms with Gasteiger partial charge in [-0.2, -0.15) is 13.2 Å². The average molecular weight is 351 g/mol. The second-order valence-corrected chi connectivity index (χ2v) is 5.55. The van der Waals surface area contributed by atoms with Gasteiger partial charge >= 0.3 is 6.18 Å². The molecule has 1 unspecified atom stereocenters. The van der Waals surface area contributed by atoms with Crippen LogP contribution in [0.1, 0.15) is 32.8 Å². The fourth-order valence-corrected chi connectivity index (χ4v) is 2.20. The summed E-state index contributed by atoms with van der Waals surface area (Å²) in [6.45, 7) is 4.77. The summed E-state index contributed by atoms with van der Waals surface area (Å²) in [5.41, 5.74) is -1.05. The normalized spacial score (nSPS) is 12.7. The maximum atomic E-state index is 12.8. The highest BCUT2D eigenvalue weighted by molar-refractivity contribution is 6.31. The summed E-state index contributed by atoms with van der Waals surface area (Å²) in [5, 5.41) is 1.91. The Hall–Kier alpha value is -1.76. The molecule has 0 aliphatic heterocycles. The Balaban J connectivity index is 2.87. The number of rotatable bonds is 5. The van der Waals surface area contributed by atoms with Crippen molar-refractivity contribution in [3.63, 3.8) is 0 Å². The Morgan fingerprint density at radius 2 is 1.96 bits per heavy atom. The number of hydrogen-bond acceptors (Lipinski definition) is 2. The van der Waals surface area contributed by atoms with Crippen molar-refractivity contribution in [2.45, 2.75) is 39.4 Å². The molecule has 0 saturated heterocycles. The summed E-state index contributed by atoms with van der Waals surface area (Å²) in [6, 6.07) is 2.96. The molecule has 0 radical (unpaired) electrons. The third-order valence-corrected chi connectivity index (χ3v) is 3.73. The topological polar surface area (TPSA) is 49.4 Å². The van der Waals surface area contributed by atoms with Gasteiger partial charge in [0.1, 0.15) is 6.54 Å². The first-order valence-corrected chi connectivity index (χ1v) is 7.37. The van der Waals surface area contributed by atoms with Gasteiger partial charge in [0.25, 0.3) is 0 Å². The molecule has 8 heteroatoms. The van der Waals surface area contributed by atoms with E-state index in [9.17, 15) is 22.8 Å². The molecule has 0 fully saturated rings. The summed E-state index contributed by atoms with van der Waals surface area (Å²) in [5.74, 6) is -0.850. The van der Waals surface area contributed by atoms with E-state index in [1.165, 1.54) is 17.9 Å². The van der Waals surface area contributed by atoms with Crippen molar-refractivity contribution in [2.24, 2.45) is 0 Å². The minimum absolute atomic E-state index is 0.0284. The summed E-state index contributed by atoms with van der Waals surface area (Å²) < 4.78 is 38.4. The molecular weight excluding hydrogens is 333 g/mol. The molecule has 0 heterocycles. The van der Waals surface area contributed by atoms with E-state index in [2.05, 4.69) is 5.32 Å². The molecule has 1 atom stereocenters. The number of hydrogen-bond donors (Lipinski definition) is 1. The smallest absolute Gasteiger partial charge is 0.331 e. The number of alkyl halides is 3. The zero-order chi connectivity index (χ0) is 17.8. The lowest BCUT2D eigenvalue weighted by molar-refractivity contribution is -0.137. The summed E-state index contributed by atoms with van der Waals surface area (Å²) >= 11 is 5.52. The third-order valence-electron chi connectivity index (χ3n) is 3.40. The van der Waals surface area contributed by atoms with Gasteiger partial charge in [0, 0.05) is 18.7 Å². The van der Waals surface area contributed by atoms with Crippen molar-refractivity contribution in [1.82, 2.24) is 4.90 Å². The number of carbonyl (C=O) groups excluding carboxylic acids is 2. The first-order chi connectivity index (χ1) is 10.6. The molecule has 1 aromatic carbocycles. The number of benzene rings is 1. The zero-order valence-corrected chi connectivity index (χ0v) is 13.8. The van der Waals surface area contributed by atoms with Crippen molar-refractivity contribution in [3.8, 4) is 0 Å². The molecule has 0 spiro atoms. The first kappa shape index (κ1) is 19.3. The molecule has 0 bridgehead atoms.